The second kappa shape index (κ2) is 21.1. The molecule has 0 bridgehead atoms. The SMILES string of the molecule is CC.CC(C)CNCC(=O)O.NCCCCNCC(=O)O. The molecule has 0 fully saturated rings. The first kappa shape index (κ1) is 24.8. The molecule has 7 nitrogen and oxygen atoms in total. The van der Waals surface area contributed by atoms with Gasteiger partial charge in [-0.15, -0.1) is 0 Å². The van der Waals surface area contributed by atoms with E-state index in [1.807, 2.05) is 27.7 Å². The van der Waals surface area contributed by atoms with Crippen molar-refractivity contribution in [1.29, 1.82) is 0 Å². The Hall–Kier alpha value is -1.18. The fraction of sp³-hybridized carbons (Fsp3) is 0.857. The summed E-state index contributed by atoms with van der Waals surface area (Å²) in [7, 11) is 0. The number of aliphatic carboxylic acids is 2. The number of carboxylic acid groups (broad SMARTS) is 2. The van der Waals surface area contributed by atoms with Crippen LogP contribution in [0.3, 0.4) is 0 Å². The van der Waals surface area contributed by atoms with Crippen LogP contribution in [0.2, 0.25) is 0 Å². The Morgan fingerprint density at radius 2 is 1.48 bits per heavy atom. The van der Waals surface area contributed by atoms with Crippen molar-refractivity contribution < 1.29 is 19.8 Å². The fourth-order valence-corrected chi connectivity index (χ4v) is 1.06. The summed E-state index contributed by atoms with van der Waals surface area (Å²) in [5.41, 5.74) is 5.23. The third-order valence-corrected chi connectivity index (χ3v) is 1.91. The molecule has 0 rings (SSSR count). The Bertz CT molecular complexity index is 236. The van der Waals surface area contributed by atoms with E-state index < -0.39 is 11.9 Å². The Labute approximate surface area is 128 Å². The molecular formula is C14H33N3O4. The maximum absolute atomic E-state index is 9.94. The van der Waals surface area contributed by atoms with Crippen molar-refractivity contribution in [2.45, 2.75) is 40.5 Å². The van der Waals surface area contributed by atoms with Crippen LogP contribution >= 0.6 is 0 Å². The smallest absolute Gasteiger partial charge is 0.317 e. The minimum Gasteiger partial charge on any atom is -0.480 e. The van der Waals surface area contributed by atoms with Gasteiger partial charge in [-0.2, -0.15) is 0 Å². The van der Waals surface area contributed by atoms with E-state index in [9.17, 15) is 9.59 Å². The number of nitrogens with one attached hydrogen (secondary N) is 2. The van der Waals surface area contributed by atoms with Crippen molar-refractivity contribution in [2.75, 3.05) is 32.7 Å². The molecule has 0 amide bonds. The molecule has 0 saturated carbocycles. The van der Waals surface area contributed by atoms with Crippen molar-refractivity contribution in [3.05, 3.63) is 0 Å². The molecular weight excluding hydrogens is 274 g/mol. The van der Waals surface area contributed by atoms with E-state index in [-0.39, 0.29) is 13.1 Å². The van der Waals surface area contributed by atoms with Crippen LogP contribution in [-0.2, 0) is 9.59 Å². The zero-order valence-electron chi connectivity index (χ0n) is 13.8. The quantitative estimate of drug-likeness (QED) is 0.377. The molecule has 7 heteroatoms. The summed E-state index contributed by atoms with van der Waals surface area (Å²) in [6.45, 7) is 10.4. The Morgan fingerprint density at radius 1 is 1.00 bits per heavy atom. The first-order valence-electron chi connectivity index (χ1n) is 7.45. The number of carbonyl (C=O) groups is 2. The van der Waals surface area contributed by atoms with Crippen LogP contribution in [0.5, 0.6) is 0 Å². The number of hydrogen-bond acceptors (Lipinski definition) is 5. The topological polar surface area (TPSA) is 125 Å². The summed E-state index contributed by atoms with van der Waals surface area (Å²) in [6.07, 6.45) is 1.90. The Morgan fingerprint density at radius 3 is 1.86 bits per heavy atom. The normalized spacial score (nSPS) is 9.24. The predicted molar refractivity (Wildman–Crippen MR) is 85.5 cm³/mol. The lowest BCUT2D eigenvalue weighted by atomic mass is 10.2. The van der Waals surface area contributed by atoms with Crippen LogP contribution in [0, 0.1) is 5.92 Å². The van der Waals surface area contributed by atoms with Gasteiger partial charge in [-0.3, -0.25) is 9.59 Å². The van der Waals surface area contributed by atoms with E-state index in [4.69, 9.17) is 15.9 Å². The summed E-state index contributed by atoms with van der Waals surface area (Å²) in [4.78, 5) is 19.9. The standard InChI is InChI=1S/C6H14N2O2.C6H13NO2.C2H6/c7-3-1-2-4-8-5-6(9)10;1-5(2)3-7-4-6(8)9;1-2/h8H,1-5,7H2,(H,9,10);5,7H,3-4H2,1-2H3,(H,8,9);1-2H3. The lowest BCUT2D eigenvalue weighted by Gasteiger charge is -2.02. The molecule has 0 heterocycles. The Kier molecular flexibility index (Phi) is 25.0. The monoisotopic (exact) mass is 307 g/mol. The number of rotatable bonds is 10. The third-order valence-electron chi connectivity index (χ3n) is 1.91. The van der Waals surface area contributed by atoms with Crippen LogP contribution in [0.25, 0.3) is 0 Å². The van der Waals surface area contributed by atoms with E-state index in [1.54, 1.807) is 0 Å². The maximum Gasteiger partial charge on any atom is 0.317 e. The molecule has 0 unspecified atom stereocenters. The third kappa shape index (κ3) is 38.1. The molecule has 0 radical (unpaired) electrons. The summed E-state index contributed by atoms with van der Waals surface area (Å²) in [5, 5.41) is 21.9. The Balaban J connectivity index is -0.000000277. The largest absolute Gasteiger partial charge is 0.480 e. The van der Waals surface area contributed by atoms with Crippen LogP contribution in [0.4, 0.5) is 0 Å². The molecule has 0 aliphatic rings. The van der Waals surface area contributed by atoms with Crippen LogP contribution in [0.15, 0.2) is 0 Å². The van der Waals surface area contributed by atoms with Crippen molar-refractivity contribution in [2.24, 2.45) is 11.7 Å². The van der Waals surface area contributed by atoms with Crippen molar-refractivity contribution >= 4 is 11.9 Å². The van der Waals surface area contributed by atoms with Gasteiger partial charge in [-0.1, -0.05) is 27.7 Å². The molecule has 0 aromatic carbocycles. The van der Waals surface area contributed by atoms with E-state index >= 15 is 0 Å². The van der Waals surface area contributed by atoms with Gasteiger partial charge in [0.15, 0.2) is 0 Å². The first-order valence-corrected chi connectivity index (χ1v) is 7.45. The van der Waals surface area contributed by atoms with Crippen LogP contribution in [-0.4, -0.2) is 54.9 Å². The van der Waals surface area contributed by atoms with Gasteiger partial charge < -0.3 is 26.6 Å². The molecule has 128 valence electrons. The minimum absolute atomic E-state index is 0.0462. The van der Waals surface area contributed by atoms with E-state index in [0.717, 1.165) is 25.9 Å². The second-order valence-electron chi connectivity index (χ2n) is 4.48. The van der Waals surface area contributed by atoms with Gasteiger partial charge in [-0.05, 0) is 38.4 Å². The average Bonchev–Trinajstić information content (AvgIpc) is 2.40. The highest BCUT2D eigenvalue weighted by atomic mass is 16.4. The highest BCUT2D eigenvalue weighted by Gasteiger charge is 1.95. The van der Waals surface area contributed by atoms with Gasteiger partial charge in [0.1, 0.15) is 0 Å². The summed E-state index contributed by atoms with van der Waals surface area (Å²) in [6, 6.07) is 0. The average molecular weight is 307 g/mol. The van der Waals surface area contributed by atoms with Crippen molar-refractivity contribution in [1.82, 2.24) is 10.6 Å². The van der Waals surface area contributed by atoms with E-state index in [1.165, 1.54) is 0 Å². The second-order valence-corrected chi connectivity index (χ2v) is 4.48. The number of unbranched alkanes of at least 4 members (excludes halogenated alkanes) is 1. The number of carboxylic acids is 2. The minimum atomic E-state index is -0.812. The molecule has 21 heavy (non-hydrogen) atoms. The highest BCUT2D eigenvalue weighted by Crippen LogP contribution is 1.85. The molecule has 0 aliphatic heterocycles. The lowest BCUT2D eigenvalue weighted by molar-refractivity contribution is -0.137. The van der Waals surface area contributed by atoms with Gasteiger partial charge in [0.05, 0.1) is 13.1 Å². The molecule has 0 aromatic heterocycles. The fourth-order valence-electron chi connectivity index (χ4n) is 1.06. The summed E-state index contributed by atoms with van der Waals surface area (Å²) in [5.74, 6) is -1.09. The maximum atomic E-state index is 9.94. The van der Waals surface area contributed by atoms with Gasteiger partial charge >= 0.3 is 11.9 Å². The van der Waals surface area contributed by atoms with Crippen LogP contribution < -0.4 is 16.4 Å². The van der Waals surface area contributed by atoms with Gasteiger partial charge in [0.25, 0.3) is 0 Å². The van der Waals surface area contributed by atoms with Gasteiger partial charge in [0, 0.05) is 0 Å². The van der Waals surface area contributed by atoms with Gasteiger partial charge in [0.2, 0.25) is 0 Å². The lowest BCUT2D eigenvalue weighted by Crippen LogP contribution is -2.26. The highest BCUT2D eigenvalue weighted by molar-refractivity contribution is 5.69. The molecule has 0 saturated heterocycles. The molecule has 6 N–H and O–H groups in total. The van der Waals surface area contributed by atoms with Crippen LogP contribution in [0.1, 0.15) is 40.5 Å². The number of nitrogens with two attached hydrogens (primary N) is 1. The van der Waals surface area contributed by atoms with Crippen molar-refractivity contribution in [3.63, 3.8) is 0 Å². The van der Waals surface area contributed by atoms with E-state index in [2.05, 4.69) is 10.6 Å². The summed E-state index contributed by atoms with van der Waals surface area (Å²) >= 11 is 0. The molecule has 0 spiro atoms. The molecule has 0 aromatic rings. The first-order chi connectivity index (χ1) is 9.90. The van der Waals surface area contributed by atoms with Gasteiger partial charge in [-0.25, -0.2) is 0 Å². The zero-order chi connectivity index (χ0) is 17.1. The predicted octanol–water partition coefficient (Wildman–Crippen LogP) is 0.742. The van der Waals surface area contributed by atoms with Crippen molar-refractivity contribution in [3.8, 4) is 0 Å². The number of hydrogen-bond donors (Lipinski definition) is 5. The summed E-state index contributed by atoms with van der Waals surface area (Å²) < 4.78 is 0. The molecule has 0 aliphatic carbocycles. The molecule has 0 atom stereocenters. The zero-order valence-corrected chi connectivity index (χ0v) is 13.8. The van der Waals surface area contributed by atoms with E-state index in [0.29, 0.717) is 12.5 Å².